The maximum absolute atomic E-state index is 5.36. The normalized spacial score (nSPS) is 17.7. The Hall–Kier alpha value is -0.720. The van der Waals surface area contributed by atoms with Crippen LogP contribution in [0.4, 0.5) is 5.13 Å². The summed E-state index contributed by atoms with van der Waals surface area (Å²) in [5.74, 6) is 0.936. The highest BCUT2D eigenvalue weighted by atomic mass is 32.1. The summed E-state index contributed by atoms with van der Waals surface area (Å²) >= 11 is 1.49. The van der Waals surface area contributed by atoms with E-state index < -0.39 is 0 Å². The van der Waals surface area contributed by atoms with Crippen molar-refractivity contribution in [3.05, 3.63) is 5.82 Å². The van der Waals surface area contributed by atoms with Crippen LogP contribution in [0.3, 0.4) is 0 Å². The van der Waals surface area contributed by atoms with Gasteiger partial charge in [-0.25, -0.2) is 4.98 Å². The van der Waals surface area contributed by atoms with Crippen molar-refractivity contribution >= 4 is 16.7 Å². The van der Waals surface area contributed by atoms with Gasteiger partial charge in [-0.15, -0.1) is 0 Å². The van der Waals surface area contributed by atoms with Gasteiger partial charge in [-0.1, -0.05) is 20.8 Å². The molecule has 0 bridgehead atoms. The molecule has 0 spiro atoms. The van der Waals surface area contributed by atoms with Crippen molar-refractivity contribution in [3.63, 3.8) is 0 Å². The lowest BCUT2D eigenvalue weighted by Crippen LogP contribution is -2.40. The van der Waals surface area contributed by atoms with Crippen LogP contribution in [0.15, 0.2) is 0 Å². The van der Waals surface area contributed by atoms with Crippen LogP contribution < -0.4 is 4.90 Å². The molecule has 0 N–H and O–H groups in total. The SMILES string of the molecule is CN(CCN1CCOCC1)c1nc(C(C)(C)C)ns1. The zero-order valence-electron chi connectivity index (χ0n) is 12.3. The van der Waals surface area contributed by atoms with E-state index in [0.717, 1.165) is 50.3 Å². The minimum Gasteiger partial charge on any atom is -0.379 e. The highest BCUT2D eigenvalue weighted by Crippen LogP contribution is 2.24. The van der Waals surface area contributed by atoms with Gasteiger partial charge in [0, 0.05) is 50.2 Å². The molecule has 5 nitrogen and oxygen atoms in total. The van der Waals surface area contributed by atoms with Crippen LogP contribution in [0.2, 0.25) is 0 Å². The summed E-state index contributed by atoms with van der Waals surface area (Å²) in [5, 5.41) is 1.01. The molecule has 1 aliphatic rings. The van der Waals surface area contributed by atoms with Crippen LogP contribution in [0.25, 0.3) is 0 Å². The first-order valence-corrected chi connectivity index (χ1v) is 7.59. The maximum atomic E-state index is 5.36. The molecule has 1 fully saturated rings. The largest absolute Gasteiger partial charge is 0.379 e. The molecule has 0 aromatic carbocycles. The number of nitrogens with zero attached hydrogens (tertiary/aromatic N) is 4. The summed E-state index contributed by atoms with van der Waals surface area (Å²) < 4.78 is 9.81. The molecule has 6 heteroatoms. The standard InChI is InChI=1S/C13H24N4OS/c1-13(2,3)11-14-12(19-15-11)16(4)5-6-17-7-9-18-10-8-17/h5-10H2,1-4H3. The van der Waals surface area contributed by atoms with E-state index in [9.17, 15) is 0 Å². The lowest BCUT2D eigenvalue weighted by atomic mass is 9.96. The van der Waals surface area contributed by atoms with Crippen molar-refractivity contribution < 1.29 is 4.74 Å². The fourth-order valence-electron chi connectivity index (χ4n) is 1.89. The predicted octanol–water partition coefficient (Wildman–Crippen LogP) is 1.60. The van der Waals surface area contributed by atoms with Crippen LogP contribution in [0.5, 0.6) is 0 Å². The maximum Gasteiger partial charge on any atom is 0.205 e. The van der Waals surface area contributed by atoms with Gasteiger partial charge in [-0.2, -0.15) is 4.37 Å². The van der Waals surface area contributed by atoms with E-state index in [2.05, 4.69) is 47.0 Å². The van der Waals surface area contributed by atoms with Crippen LogP contribution in [0, 0.1) is 0 Å². The van der Waals surface area contributed by atoms with Crippen molar-refractivity contribution in [2.75, 3.05) is 51.3 Å². The molecule has 19 heavy (non-hydrogen) atoms. The Bertz CT molecular complexity index is 396. The highest BCUT2D eigenvalue weighted by molar-refractivity contribution is 7.09. The van der Waals surface area contributed by atoms with E-state index >= 15 is 0 Å². The van der Waals surface area contributed by atoms with Gasteiger partial charge in [0.1, 0.15) is 5.82 Å². The van der Waals surface area contributed by atoms with Gasteiger partial charge >= 0.3 is 0 Å². The molecule has 0 aliphatic carbocycles. The molecule has 2 heterocycles. The number of aromatic nitrogens is 2. The molecule has 1 aromatic rings. The Morgan fingerprint density at radius 1 is 1.32 bits per heavy atom. The average Bonchev–Trinajstić information content (AvgIpc) is 2.87. The molecule has 0 radical (unpaired) electrons. The van der Waals surface area contributed by atoms with Crippen LogP contribution >= 0.6 is 11.5 Å². The van der Waals surface area contributed by atoms with Crippen molar-refractivity contribution in [2.24, 2.45) is 0 Å². The third-order valence-electron chi connectivity index (χ3n) is 3.27. The smallest absolute Gasteiger partial charge is 0.205 e. The van der Waals surface area contributed by atoms with Crippen molar-refractivity contribution in [1.82, 2.24) is 14.3 Å². The molecular formula is C13H24N4OS. The van der Waals surface area contributed by atoms with Crippen LogP contribution in [-0.2, 0) is 10.2 Å². The first kappa shape index (κ1) is 14.7. The quantitative estimate of drug-likeness (QED) is 0.840. The molecular weight excluding hydrogens is 260 g/mol. The fraction of sp³-hybridized carbons (Fsp3) is 0.846. The van der Waals surface area contributed by atoms with E-state index in [1.54, 1.807) is 0 Å². The van der Waals surface area contributed by atoms with Gasteiger partial charge in [-0.05, 0) is 0 Å². The molecule has 0 amide bonds. The first-order valence-electron chi connectivity index (χ1n) is 6.82. The summed E-state index contributed by atoms with van der Waals surface area (Å²) in [7, 11) is 2.09. The summed E-state index contributed by atoms with van der Waals surface area (Å²) in [5.41, 5.74) is 0.0276. The van der Waals surface area contributed by atoms with Gasteiger partial charge in [-0.3, -0.25) is 4.90 Å². The molecule has 2 rings (SSSR count). The van der Waals surface area contributed by atoms with Gasteiger partial charge in [0.25, 0.3) is 0 Å². The second-order valence-electron chi connectivity index (χ2n) is 6.03. The Kier molecular flexibility index (Phi) is 4.76. The molecule has 1 aromatic heterocycles. The van der Waals surface area contributed by atoms with Crippen molar-refractivity contribution in [2.45, 2.75) is 26.2 Å². The fourth-order valence-corrected chi connectivity index (χ4v) is 2.73. The number of anilines is 1. The third kappa shape index (κ3) is 4.12. The molecule has 0 saturated carbocycles. The van der Waals surface area contributed by atoms with Gasteiger partial charge < -0.3 is 9.64 Å². The Morgan fingerprint density at radius 2 is 2.00 bits per heavy atom. The van der Waals surface area contributed by atoms with Crippen LogP contribution in [0.1, 0.15) is 26.6 Å². The summed E-state index contributed by atoms with van der Waals surface area (Å²) in [6.45, 7) is 12.3. The van der Waals surface area contributed by atoms with E-state index in [-0.39, 0.29) is 5.41 Å². The molecule has 0 atom stereocenters. The second kappa shape index (κ2) is 6.15. The average molecular weight is 284 g/mol. The highest BCUT2D eigenvalue weighted by Gasteiger charge is 2.21. The van der Waals surface area contributed by atoms with Crippen molar-refractivity contribution in [3.8, 4) is 0 Å². The van der Waals surface area contributed by atoms with Gasteiger partial charge in [0.2, 0.25) is 5.13 Å². The minimum absolute atomic E-state index is 0.0276. The lowest BCUT2D eigenvalue weighted by Gasteiger charge is -2.28. The Morgan fingerprint density at radius 3 is 2.58 bits per heavy atom. The summed E-state index contributed by atoms with van der Waals surface area (Å²) in [6, 6.07) is 0. The zero-order chi connectivity index (χ0) is 13.9. The van der Waals surface area contributed by atoms with Gasteiger partial charge in [0.05, 0.1) is 13.2 Å². The minimum atomic E-state index is 0.0276. The summed E-state index contributed by atoms with van der Waals surface area (Å²) in [6.07, 6.45) is 0. The molecule has 1 aliphatic heterocycles. The Labute approximate surface area is 119 Å². The van der Waals surface area contributed by atoms with E-state index in [1.165, 1.54) is 11.5 Å². The monoisotopic (exact) mass is 284 g/mol. The first-order chi connectivity index (χ1) is 8.97. The number of ether oxygens (including phenoxy) is 1. The van der Waals surface area contributed by atoms with Gasteiger partial charge in [0.15, 0.2) is 0 Å². The number of likely N-dealkylation sites (N-methyl/N-ethyl adjacent to an activating group) is 1. The molecule has 108 valence electrons. The van der Waals surface area contributed by atoms with E-state index in [4.69, 9.17) is 4.74 Å². The topological polar surface area (TPSA) is 41.5 Å². The number of morpholine rings is 1. The third-order valence-corrected chi connectivity index (χ3v) is 4.10. The summed E-state index contributed by atoms with van der Waals surface area (Å²) in [4.78, 5) is 9.27. The van der Waals surface area contributed by atoms with Crippen molar-refractivity contribution in [1.29, 1.82) is 0 Å². The number of hydrogen-bond acceptors (Lipinski definition) is 6. The Balaban J connectivity index is 1.85. The van der Waals surface area contributed by atoms with E-state index in [1.807, 2.05) is 0 Å². The van der Waals surface area contributed by atoms with E-state index in [0.29, 0.717) is 0 Å². The number of hydrogen-bond donors (Lipinski definition) is 0. The van der Waals surface area contributed by atoms with Crippen LogP contribution in [-0.4, -0.2) is 60.7 Å². The number of rotatable bonds is 4. The predicted molar refractivity (Wildman–Crippen MR) is 79.1 cm³/mol. The lowest BCUT2D eigenvalue weighted by molar-refractivity contribution is 0.0393. The zero-order valence-corrected chi connectivity index (χ0v) is 13.2. The second-order valence-corrected chi connectivity index (χ2v) is 6.76. The molecule has 1 saturated heterocycles. The molecule has 0 unspecified atom stereocenters.